The van der Waals surface area contributed by atoms with Crippen LogP contribution in [0.15, 0.2) is 34.2 Å². The summed E-state index contributed by atoms with van der Waals surface area (Å²) < 4.78 is 32.1. The number of rotatable bonds is 3. The Morgan fingerprint density at radius 2 is 1.80 bits per heavy atom. The Labute approximate surface area is 121 Å². The van der Waals surface area contributed by atoms with Gasteiger partial charge in [0.2, 0.25) is 0 Å². The zero-order chi connectivity index (χ0) is 15.4. The van der Waals surface area contributed by atoms with Crippen LogP contribution in [-0.4, -0.2) is 26.6 Å². The van der Waals surface area contributed by atoms with E-state index in [1.807, 2.05) is 27.7 Å². The zero-order valence-electron chi connectivity index (χ0n) is 12.6. The normalized spacial score (nSPS) is 13.2. The number of benzene rings is 1. The van der Waals surface area contributed by atoms with Crippen LogP contribution in [0, 0.1) is 6.92 Å². The van der Waals surface area contributed by atoms with Gasteiger partial charge in [-0.25, -0.2) is 18.1 Å². The third kappa shape index (κ3) is 5.21. The van der Waals surface area contributed by atoms with Crippen molar-refractivity contribution in [1.29, 1.82) is 0 Å². The highest BCUT2D eigenvalue weighted by atomic mass is 32.2. The Balaban J connectivity index is 3.03. The Hall–Kier alpha value is -1.56. The number of hydrogen-bond donors (Lipinski definition) is 1. The molecule has 0 saturated heterocycles. The monoisotopic (exact) mass is 298 g/mol. The van der Waals surface area contributed by atoms with Crippen LogP contribution in [0.3, 0.4) is 0 Å². The summed E-state index contributed by atoms with van der Waals surface area (Å²) in [6.45, 7) is 9.62. The van der Waals surface area contributed by atoms with Crippen molar-refractivity contribution in [3.63, 3.8) is 0 Å². The summed E-state index contributed by atoms with van der Waals surface area (Å²) in [5.74, 6) is 0. The maximum absolute atomic E-state index is 12.2. The lowest BCUT2D eigenvalue weighted by Crippen LogP contribution is -2.34. The Bertz CT molecular complexity index is 569. The second-order valence-electron chi connectivity index (χ2n) is 5.44. The van der Waals surface area contributed by atoms with Gasteiger partial charge in [-0.1, -0.05) is 17.7 Å². The van der Waals surface area contributed by atoms with E-state index in [4.69, 9.17) is 4.74 Å². The first-order chi connectivity index (χ1) is 9.14. The fourth-order valence-corrected chi connectivity index (χ4v) is 2.36. The van der Waals surface area contributed by atoms with Crippen molar-refractivity contribution in [1.82, 2.24) is 4.72 Å². The van der Waals surface area contributed by atoms with Gasteiger partial charge in [0.25, 0.3) is 16.0 Å². The molecule has 112 valence electrons. The molecule has 0 aliphatic heterocycles. The molecule has 0 unspecified atom stereocenters. The van der Waals surface area contributed by atoms with Crippen molar-refractivity contribution >= 4 is 16.0 Å². The predicted molar refractivity (Wildman–Crippen MR) is 80.3 cm³/mol. The molecule has 0 saturated carbocycles. The molecule has 0 amide bonds. The Morgan fingerprint density at radius 3 is 2.25 bits per heavy atom. The molecule has 0 aliphatic carbocycles. The van der Waals surface area contributed by atoms with Crippen molar-refractivity contribution in [3.05, 3.63) is 29.8 Å². The lowest BCUT2D eigenvalue weighted by atomic mass is 10.1. The molecule has 1 aromatic carbocycles. The van der Waals surface area contributed by atoms with Gasteiger partial charge in [-0.05, 0) is 46.8 Å². The van der Waals surface area contributed by atoms with Crippen molar-refractivity contribution < 1.29 is 13.2 Å². The summed E-state index contributed by atoms with van der Waals surface area (Å²) >= 11 is 0. The summed E-state index contributed by atoms with van der Waals surface area (Å²) in [6.07, 6.45) is 0. The minimum atomic E-state index is -3.68. The van der Waals surface area contributed by atoms with Crippen LogP contribution in [0.5, 0.6) is 0 Å². The lowest BCUT2D eigenvalue weighted by Gasteiger charge is -2.17. The van der Waals surface area contributed by atoms with Gasteiger partial charge in [-0.15, -0.1) is 0 Å². The number of ether oxygens (including phenoxy) is 1. The number of aliphatic imine (C=N–C) groups is 1. The average molecular weight is 298 g/mol. The highest BCUT2D eigenvalue weighted by Gasteiger charge is 2.19. The largest absolute Gasteiger partial charge is 0.465 e. The third-order valence-electron chi connectivity index (χ3n) is 2.27. The third-order valence-corrected chi connectivity index (χ3v) is 3.61. The highest BCUT2D eigenvalue weighted by molar-refractivity contribution is 7.90. The maximum Gasteiger partial charge on any atom is 0.299 e. The average Bonchev–Trinajstić information content (AvgIpc) is 2.26. The van der Waals surface area contributed by atoms with Crippen molar-refractivity contribution in [3.8, 4) is 0 Å². The number of nitrogens with zero attached hydrogens (tertiary/aromatic N) is 1. The van der Waals surface area contributed by atoms with Gasteiger partial charge in [0, 0.05) is 0 Å². The van der Waals surface area contributed by atoms with Crippen LogP contribution in [0.4, 0.5) is 0 Å². The van der Waals surface area contributed by atoms with E-state index in [9.17, 15) is 8.42 Å². The van der Waals surface area contributed by atoms with Crippen LogP contribution in [0.1, 0.15) is 33.3 Å². The predicted octanol–water partition coefficient (Wildman–Crippen LogP) is 2.46. The standard InChI is InChI=1S/C14H22N2O3S/c1-6-19-13(15-14(3,4)5)16-20(17,18)12-9-7-11(2)8-10-12/h7-10H,6H2,1-5H3,(H,15,16). The van der Waals surface area contributed by atoms with Gasteiger partial charge in [0.15, 0.2) is 0 Å². The Morgan fingerprint density at radius 1 is 1.25 bits per heavy atom. The summed E-state index contributed by atoms with van der Waals surface area (Å²) in [4.78, 5) is 4.42. The SMILES string of the molecule is CCOC(=NC(C)(C)C)NS(=O)(=O)c1ccc(C)cc1. The van der Waals surface area contributed by atoms with Gasteiger partial charge in [0.1, 0.15) is 0 Å². The van der Waals surface area contributed by atoms with E-state index >= 15 is 0 Å². The lowest BCUT2D eigenvalue weighted by molar-refractivity contribution is 0.310. The molecule has 1 N–H and O–H groups in total. The summed E-state index contributed by atoms with van der Waals surface area (Å²) in [6, 6.07) is 6.61. The van der Waals surface area contributed by atoms with E-state index in [1.54, 1.807) is 31.2 Å². The number of nitrogens with one attached hydrogen (secondary N) is 1. The number of amidine groups is 1. The van der Waals surface area contributed by atoms with E-state index in [0.29, 0.717) is 6.61 Å². The van der Waals surface area contributed by atoms with Crippen LogP contribution in [0.25, 0.3) is 0 Å². The van der Waals surface area contributed by atoms with E-state index in [-0.39, 0.29) is 10.9 Å². The first-order valence-corrected chi connectivity index (χ1v) is 7.94. The molecule has 1 aromatic rings. The first kappa shape index (κ1) is 16.5. The van der Waals surface area contributed by atoms with E-state index in [1.165, 1.54) is 0 Å². The molecule has 0 heterocycles. The zero-order valence-corrected chi connectivity index (χ0v) is 13.4. The molecule has 0 bridgehead atoms. The molecule has 1 rings (SSSR count). The van der Waals surface area contributed by atoms with Gasteiger partial charge >= 0.3 is 0 Å². The molecule has 0 spiro atoms. The topological polar surface area (TPSA) is 67.8 Å². The van der Waals surface area contributed by atoms with Crippen LogP contribution < -0.4 is 4.72 Å². The van der Waals surface area contributed by atoms with E-state index in [2.05, 4.69) is 9.71 Å². The summed E-state index contributed by atoms with van der Waals surface area (Å²) in [5, 5.41) is 0. The molecular weight excluding hydrogens is 276 g/mol. The van der Waals surface area contributed by atoms with E-state index < -0.39 is 15.6 Å². The molecule has 0 atom stereocenters. The van der Waals surface area contributed by atoms with Gasteiger partial charge in [-0.3, -0.25) is 0 Å². The number of sulfonamides is 1. The van der Waals surface area contributed by atoms with E-state index in [0.717, 1.165) is 5.56 Å². The van der Waals surface area contributed by atoms with Crippen molar-refractivity contribution in [2.45, 2.75) is 45.1 Å². The molecule has 0 aliphatic rings. The Kier molecular flexibility index (Phi) is 5.16. The first-order valence-electron chi connectivity index (χ1n) is 6.46. The second-order valence-corrected chi connectivity index (χ2v) is 7.12. The summed E-state index contributed by atoms with van der Waals surface area (Å²) in [5.41, 5.74) is 0.567. The quantitative estimate of drug-likeness (QED) is 0.688. The highest BCUT2D eigenvalue weighted by Crippen LogP contribution is 2.11. The van der Waals surface area contributed by atoms with Gasteiger partial charge < -0.3 is 4.74 Å². The van der Waals surface area contributed by atoms with Gasteiger partial charge in [0.05, 0.1) is 17.0 Å². The van der Waals surface area contributed by atoms with Crippen LogP contribution in [0.2, 0.25) is 0 Å². The minimum absolute atomic E-state index is 0.0144. The number of aryl methyl sites for hydroxylation is 1. The fraction of sp³-hybridized carbons (Fsp3) is 0.500. The molecule has 0 aromatic heterocycles. The second kappa shape index (κ2) is 6.26. The number of hydrogen-bond acceptors (Lipinski definition) is 4. The molecule has 0 fully saturated rings. The molecule has 6 heteroatoms. The van der Waals surface area contributed by atoms with Crippen molar-refractivity contribution in [2.24, 2.45) is 4.99 Å². The molecular formula is C14H22N2O3S. The smallest absolute Gasteiger partial charge is 0.299 e. The fourth-order valence-electron chi connectivity index (χ4n) is 1.42. The van der Waals surface area contributed by atoms with Crippen LogP contribution >= 0.6 is 0 Å². The van der Waals surface area contributed by atoms with Crippen molar-refractivity contribution in [2.75, 3.05) is 6.61 Å². The summed E-state index contributed by atoms with van der Waals surface area (Å²) in [7, 11) is -3.68. The van der Waals surface area contributed by atoms with Gasteiger partial charge in [-0.2, -0.15) is 0 Å². The minimum Gasteiger partial charge on any atom is -0.465 e. The maximum atomic E-state index is 12.2. The molecule has 0 radical (unpaired) electrons. The molecule has 20 heavy (non-hydrogen) atoms. The van der Waals surface area contributed by atoms with Crippen LogP contribution in [-0.2, 0) is 14.8 Å². The molecule has 5 nitrogen and oxygen atoms in total.